The van der Waals surface area contributed by atoms with Gasteiger partial charge in [0.1, 0.15) is 0 Å². The van der Waals surface area contributed by atoms with Crippen LogP contribution in [-0.4, -0.2) is 42.5 Å². The fraction of sp³-hybridized carbons (Fsp3) is 0.579. The standard InChI is InChI=1S/C19H29N5S2/c1-4-20-19(22-12-17-14(2)23-13-26-17)21-11-15-7-5-9-24(3)18(15)16-8-6-10-25-16/h6,8,10,13,15,18H,4-5,7,9,11-12H2,1-3H3,(H2,20,21,22). The molecular weight excluding hydrogens is 362 g/mol. The predicted molar refractivity (Wildman–Crippen MR) is 112 cm³/mol. The number of nitrogens with one attached hydrogen (secondary N) is 2. The van der Waals surface area contributed by atoms with Crippen molar-refractivity contribution in [2.75, 3.05) is 26.7 Å². The Morgan fingerprint density at radius 1 is 1.38 bits per heavy atom. The lowest BCUT2D eigenvalue weighted by molar-refractivity contribution is 0.125. The minimum atomic E-state index is 0.503. The summed E-state index contributed by atoms with van der Waals surface area (Å²) in [5.41, 5.74) is 2.98. The van der Waals surface area contributed by atoms with Gasteiger partial charge in [0, 0.05) is 28.9 Å². The summed E-state index contributed by atoms with van der Waals surface area (Å²) in [6, 6.07) is 4.94. The zero-order valence-corrected chi connectivity index (χ0v) is 17.5. The third-order valence-corrected chi connectivity index (χ3v) is 6.81. The van der Waals surface area contributed by atoms with Gasteiger partial charge in [-0.05, 0) is 57.6 Å². The number of nitrogens with zero attached hydrogens (tertiary/aromatic N) is 3. The molecular formula is C19H29N5S2. The van der Waals surface area contributed by atoms with Crippen LogP contribution in [0.25, 0.3) is 0 Å². The van der Waals surface area contributed by atoms with Crippen LogP contribution >= 0.6 is 22.7 Å². The molecule has 1 aliphatic heterocycles. The molecule has 142 valence electrons. The van der Waals surface area contributed by atoms with Crippen molar-refractivity contribution in [3.05, 3.63) is 38.5 Å². The van der Waals surface area contributed by atoms with Gasteiger partial charge in [-0.1, -0.05) is 6.07 Å². The summed E-state index contributed by atoms with van der Waals surface area (Å²) in [5.74, 6) is 1.50. The minimum absolute atomic E-state index is 0.503. The van der Waals surface area contributed by atoms with Crippen molar-refractivity contribution in [2.45, 2.75) is 39.3 Å². The first-order valence-corrected chi connectivity index (χ1v) is 11.1. The number of aromatic nitrogens is 1. The van der Waals surface area contributed by atoms with E-state index in [9.17, 15) is 0 Å². The number of aryl methyl sites for hydroxylation is 1. The fourth-order valence-corrected chi connectivity index (χ4v) is 5.26. The van der Waals surface area contributed by atoms with Gasteiger partial charge in [0.05, 0.1) is 17.7 Å². The van der Waals surface area contributed by atoms with E-state index in [1.165, 1.54) is 29.1 Å². The zero-order valence-electron chi connectivity index (χ0n) is 15.9. The van der Waals surface area contributed by atoms with Crippen molar-refractivity contribution >= 4 is 28.6 Å². The number of thiophene rings is 1. The molecule has 1 saturated heterocycles. The van der Waals surface area contributed by atoms with Gasteiger partial charge in [0.25, 0.3) is 0 Å². The molecule has 3 rings (SSSR count). The molecule has 0 aliphatic carbocycles. The molecule has 0 aromatic carbocycles. The van der Waals surface area contributed by atoms with Crippen LogP contribution in [0.5, 0.6) is 0 Å². The van der Waals surface area contributed by atoms with E-state index >= 15 is 0 Å². The van der Waals surface area contributed by atoms with Crippen LogP contribution in [0.15, 0.2) is 28.0 Å². The highest BCUT2D eigenvalue weighted by Crippen LogP contribution is 2.36. The molecule has 7 heteroatoms. The Bertz CT molecular complexity index is 695. The second-order valence-electron chi connectivity index (χ2n) is 6.78. The van der Waals surface area contributed by atoms with Gasteiger partial charge < -0.3 is 10.6 Å². The van der Waals surface area contributed by atoms with Crippen molar-refractivity contribution in [1.82, 2.24) is 20.5 Å². The first-order chi connectivity index (χ1) is 12.7. The molecule has 2 atom stereocenters. The smallest absolute Gasteiger partial charge is 0.191 e. The Kier molecular flexibility index (Phi) is 7.05. The predicted octanol–water partition coefficient (Wildman–Crippen LogP) is 3.65. The number of likely N-dealkylation sites (tertiary alicyclic amines) is 1. The Labute approximate surface area is 164 Å². The third-order valence-electron chi connectivity index (χ3n) is 4.94. The Morgan fingerprint density at radius 3 is 2.96 bits per heavy atom. The van der Waals surface area contributed by atoms with Crippen LogP contribution in [0.4, 0.5) is 0 Å². The van der Waals surface area contributed by atoms with E-state index in [-0.39, 0.29) is 0 Å². The molecule has 0 saturated carbocycles. The number of hydrogen-bond acceptors (Lipinski definition) is 5. The molecule has 0 spiro atoms. The van der Waals surface area contributed by atoms with Gasteiger partial charge >= 0.3 is 0 Å². The molecule has 2 aromatic rings. The maximum atomic E-state index is 4.76. The van der Waals surface area contributed by atoms with E-state index in [0.29, 0.717) is 18.5 Å². The first-order valence-electron chi connectivity index (χ1n) is 9.33. The zero-order chi connectivity index (χ0) is 18.4. The van der Waals surface area contributed by atoms with Crippen molar-refractivity contribution in [3.63, 3.8) is 0 Å². The minimum Gasteiger partial charge on any atom is -0.357 e. The SMILES string of the molecule is CCNC(=NCc1scnc1C)NCC1CCCN(C)C1c1cccs1. The fourth-order valence-electron chi connectivity index (χ4n) is 3.58. The van der Waals surface area contributed by atoms with Crippen LogP contribution in [0.3, 0.4) is 0 Å². The average molecular weight is 392 g/mol. The molecule has 3 heterocycles. The number of thiazole rings is 1. The van der Waals surface area contributed by atoms with Crippen LogP contribution < -0.4 is 10.6 Å². The van der Waals surface area contributed by atoms with E-state index < -0.39 is 0 Å². The molecule has 0 amide bonds. The summed E-state index contributed by atoms with van der Waals surface area (Å²) >= 11 is 3.55. The number of aliphatic imine (C=N–C) groups is 1. The maximum Gasteiger partial charge on any atom is 0.191 e. The van der Waals surface area contributed by atoms with E-state index in [4.69, 9.17) is 4.99 Å². The molecule has 26 heavy (non-hydrogen) atoms. The number of guanidine groups is 1. The van der Waals surface area contributed by atoms with Gasteiger partial charge in [-0.2, -0.15) is 0 Å². The second kappa shape index (κ2) is 9.48. The molecule has 1 aliphatic rings. The van der Waals surface area contributed by atoms with Gasteiger partial charge in [0.2, 0.25) is 0 Å². The van der Waals surface area contributed by atoms with E-state index in [1.54, 1.807) is 11.3 Å². The average Bonchev–Trinajstić information content (AvgIpc) is 3.29. The summed E-state index contributed by atoms with van der Waals surface area (Å²) in [6.45, 7) is 7.83. The summed E-state index contributed by atoms with van der Waals surface area (Å²) in [4.78, 5) is 14.3. The highest BCUT2D eigenvalue weighted by atomic mass is 32.1. The maximum absolute atomic E-state index is 4.76. The van der Waals surface area contributed by atoms with Gasteiger partial charge in [-0.15, -0.1) is 22.7 Å². The van der Waals surface area contributed by atoms with Crippen molar-refractivity contribution in [3.8, 4) is 0 Å². The Balaban J connectivity index is 1.64. The summed E-state index contributed by atoms with van der Waals surface area (Å²) in [7, 11) is 2.25. The van der Waals surface area contributed by atoms with Crippen molar-refractivity contribution < 1.29 is 0 Å². The van der Waals surface area contributed by atoms with Crippen molar-refractivity contribution in [2.24, 2.45) is 10.9 Å². The van der Waals surface area contributed by atoms with Crippen LogP contribution in [0.2, 0.25) is 0 Å². The summed E-state index contributed by atoms with van der Waals surface area (Å²) in [6.07, 6.45) is 2.52. The molecule has 5 nitrogen and oxygen atoms in total. The van der Waals surface area contributed by atoms with Gasteiger partial charge in [-0.3, -0.25) is 4.90 Å². The summed E-state index contributed by atoms with van der Waals surface area (Å²) < 4.78 is 0. The third kappa shape index (κ3) is 4.84. The normalized spacial score (nSPS) is 21.7. The number of hydrogen-bond donors (Lipinski definition) is 2. The first kappa shape index (κ1) is 19.3. The second-order valence-corrected chi connectivity index (χ2v) is 8.70. The van der Waals surface area contributed by atoms with Gasteiger partial charge in [-0.25, -0.2) is 9.98 Å². The lowest BCUT2D eigenvalue weighted by Gasteiger charge is -2.39. The number of piperidine rings is 1. The van der Waals surface area contributed by atoms with Gasteiger partial charge in [0.15, 0.2) is 5.96 Å². The number of rotatable bonds is 6. The largest absolute Gasteiger partial charge is 0.357 e. The highest BCUT2D eigenvalue weighted by Gasteiger charge is 2.31. The molecule has 0 bridgehead atoms. The van der Waals surface area contributed by atoms with E-state index in [2.05, 4.69) is 52.0 Å². The molecule has 2 aromatic heterocycles. The lowest BCUT2D eigenvalue weighted by atomic mass is 9.88. The highest BCUT2D eigenvalue weighted by molar-refractivity contribution is 7.10. The lowest BCUT2D eigenvalue weighted by Crippen LogP contribution is -2.44. The quantitative estimate of drug-likeness (QED) is 0.583. The molecule has 0 radical (unpaired) electrons. The topological polar surface area (TPSA) is 52.6 Å². The molecule has 1 fully saturated rings. The summed E-state index contributed by atoms with van der Waals surface area (Å²) in [5, 5.41) is 9.15. The van der Waals surface area contributed by atoms with E-state index in [0.717, 1.165) is 24.7 Å². The van der Waals surface area contributed by atoms with Crippen LogP contribution in [0, 0.1) is 12.8 Å². The van der Waals surface area contributed by atoms with E-state index in [1.807, 2.05) is 23.8 Å². The Morgan fingerprint density at radius 2 is 2.27 bits per heavy atom. The van der Waals surface area contributed by atoms with Crippen LogP contribution in [-0.2, 0) is 6.54 Å². The monoisotopic (exact) mass is 391 g/mol. The van der Waals surface area contributed by atoms with Crippen LogP contribution in [0.1, 0.15) is 41.3 Å². The molecule has 2 unspecified atom stereocenters. The van der Waals surface area contributed by atoms with Crippen molar-refractivity contribution in [1.29, 1.82) is 0 Å². The Hall–Kier alpha value is -1.44. The molecule has 2 N–H and O–H groups in total.